The summed E-state index contributed by atoms with van der Waals surface area (Å²) >= 11 is 0. The van der Waals surface area contributed by atoms with Crippen molar-refractivity contribution < 1.29 is 0 Å². The lowest BCUT2D eigenvalue weighted by molar-refractivity contribution is 1.12. The van der Waals surface area contributed by atoms with Gasteiger partial charge in [-0.3, -0.25) is 4.98 Å². The summed E-state index contributed by atoms with van der Waals surface area (Å²) in [5, 5.41) is 9.51. The van der Waals surface area contributed by atoms with Crippen molar-refractivity contribution in [3.05, 3.63) is 134 Å². The summed E-state index contributed by atoms with van der Waals surface area (Å²) in [4.78, 5) is 19.0. The average molecular weight is 511 g/mol. The highest BCUT2D eigenvalue weighted by atomic mass is 14.9. The first-order valence-electron chi connectivity index (χ1n) is 13.3. The monoisotopic (exact) mass is 510 g/mol. The van der Waals surface area contributed by atoms with E-state index in [1.807, 2.05) is 0 Å². The Bertz CT molecular complexity index is 2080. The van der Waals surface area contributed by atoms with E-state index in [4.69, 9.17) is 9.97 Å². The van der Waals surface area contributed by atoms with E-state index in [0.717, 1.165) is 33.3 Å². The molecule has 0 spiro atoms. The predicted octanol–water partition coefficient (Wildman–Crippen LogP) is 8.88. The maximum atomic E-state index is 5.09. The average Bonchev–Trinajstić information content (AvgIpc) is 3.04. The van der Waals surface area contributed by atoms with Gasteiger partial charge < -0.3 is 0 Å². The summed E-state index contributed by atoms with van der Waals surface area (Å²) in [5.74, 6) is 0.551. The van der Waals surface area contributed by atoms with Gasteiger partial charge in [-0.25, -0.2) is 15.0 Å². The smallest absolute Gasteiger partial charge is 0.180 e. The van der Waals surface area contributed by atoms with Crippen molar-refractivity contribution in [2.24, 2.45) is 0 Å². The van der Waals surface area contributed by atoms with Crippen LogP contribution in [0.1, 0.15) is 0 Å². The minimum Gasteiger partial charge on any atom is -0.261 e. The Balaban J connectivity index is 1.47. The van der Waals surface area contributed by atoms with Gasteiger partial charge in [0.15, 0.2) is 5.82 Å². The van der Waals surface area contributed by atoms with Gasteiger partial charge in [-0.2, -0.15) is 0 Å². The van der Waals surface area contributed by atoms with E-state index >= 15 is 0 Å². The van der Waals surface area contributed by atoms with Crippen molar-refractivity contribution in [3.63, 3.8) is 0 Å². The van der Waals surface area contributed by atoms with Gasteiger partial charge in [0, 0.05) is 23.5 Å². The van der Waals surface area contributed by atoms with Crippen molar-refractivity contribution in [1.29, 1.82) is 0 Å². The first kappa shape index (κ1) is 22.5. The molecule has 8 aromatic rings. The highest BCUT2D eigenvalue weighted by molar-refractivity contribution is 6.15. The minimum absolute atomic E-state index is 0.551. The minimum atomic E-state index is 0.551. The molecular formula is C36H22N4. The molecule has 8 rings (SSSR count). The number of fused-ring (bicyclic) bond motifs is 6. The molecule has 0 N–H and O–H groups in total. The van der Waals surface area contributed by atoms with Gasteiger partial charge in [0.25, 0.3) is 0 Å². The third-order valence-electron chi connectivity index (χ3n) is 7.61. The lowest BCUT2D eigenvalue weighted by Crippen LogP contribution is -1.99. The fourth-order valence-electron chi connectivity index (χ4n) is 5.78. The molecule has 6 aromatic carbocycles. The van der Waals surface area contributed by atoms with E-state index in [-0.39, 0.29) is 0 Å². The van der Waals surface area contributed by atoms with Crippen LogP contribution >= 0.6 is 0 Å². The predicted molar refractivity (Wildman–Crippen MR) is 164 cm³/mol. The Kier molecular flexibility index (Phi) is 5.10. The van der Waals surface area contributed by atoms with Gasteiger partial charge in [-0.1, -0.05) is 97.1 Å². The van der Waals surface area contributed by atoms with Crippen LogP contribution in [0.5, 0.6) is 0 Å². The molecule has 186 valence electrons. The summed E-state index contributed by atoms with van der Waals surface area (Å²) in [6.45, 7) is 0. The zero-order valence-electron chi connectivity index (χ0n) is 21.5. The highest BCUT2D eigenvalue weighted by Crippen LogP contribution is 2.38. The standard InChI is InChI=1S/C36H22N4/c1-3-11-25-23(9-1)19-31(29-15-7-5-13-27(25)29)33-21-34(40-36(39-33)35-22-37-17-18-38-35)32-20-24-10-2-4-12-26(24)28-14-6-8-16-30(28)32/h1-22H. The summed E-state index contributed by atoms with van der Waals surface area (Å²) in [6.07, 6.45) is 5.07. The lowest BCUT2D eigenvalue weighted by atomic mass is 9.93. The van der Waals surface area contributed by atoms with Crippen LogP contribution in [-0.2, 0) is 0 Å². The molecule has 0 unspecified atom stereocenters. The quantitative estimate of drug-likeness (QED) is 0.223. The Morgan fingerprint density at radius 2 is 0.875 bits per heavy atom. The van der Waals surface area contributed by atoms with Crippen molar-refractivity contribution in [1.82, 2.24) is 19.9 Å². The molecule has 0 saturated carbocycles. The number of hydrogen-bond acceptors (Lipinski definition) is 4. The second-order valence-corrected chi connectivity index (χ2v) is 9.93. The molecule has 0 aliphatic heterocycles. The van der Waals surface area contributed by atoms with Crippen LogP contribution in [0.4, 0.5) is 0 Å². The molecular weight excluding hydrogens is 488 g/mol. The molecule has 0 aliphatic rings. The van der Waals surface area contributed by atoms with Crippen LogP contribution in [0.25, 0.3) is 77.1 Å². The number of benzene rings is 6. The van der Waals surface area contributed by atoms with Crippen LogP contribution in [0.15, 0.2) is 134 Å². The van der Waals surface area contributed by atoms with Crippen LogP contribution in [0, 0.1) is 0 Å². The molecule has 4 nitrogen and oxygen atoms in total. The van der Waals surface area contributed by atoms with Crippen LogP contribution in [-0.4, -0.2) is 19.9 Å². The van der Waals surface area contributed by atoms with Gasteiger partial charge in [-0.15, -0.1) is 0 Å². The summed E-state index contributed by atoms with van der Waals surface area (Å²) < 4.78 is 0. The largest absolute Gasteiger partial charge is 0.261 e. The number of rotatable bonds is 3. The highest BCUT2D eigenvalue weighted by Gasteiger charge is 2.17. The maximum Gasteiger partial charge on any atom is 0.180 e. The van der Waals surface area contributed by atoms with Gasteiger partial charge in [0.2, 0.25) is 0 Å². The van der Waals surface area contributed by atoms with Gasteiger partial charge in [-0.05, 0) is 61.3 Å². The SMILES string of the molecule is c1ccc2c(c1)cc(-c1cc(-c3cc4ccccc4c4ccccc34)nc(-c3cnccn3)n1)c1ccccc12. The fourth-order valence-corrected chi connectivity index (χ4v) is 5.78. The van der Waals surface area contributed by atoms with E-state index in [1.54, 1.807) is 18.6 Å². The second kappa shape index (κ2) is 9.07. The van der Waals surface area contributed by atoms with Gasteiger partial charge in [0.1, 0.15) is 5.69 Å². The molecule has 4 heteroatoms. The molecule has 0 saturated heterocycles. The summed E-state index contributed by atoms with van der Waals surface area (Å²) in [6, 6.07) is 40.7. The molecule has 40 heavy (non-hydrogen) atoms. The number of hydrogen-bond donors (Lipinski definition) is 0. The maximum absolute atomic E-state index is 5.09. The van der Waals surface area contributed by atoms with Gasteiger partial charge >= 0.3 is 0 Å². The molecule has 0 amide bonds. The molecule has 0 atom stereocenters. The summed E-state index contributed by atoms with van der Waals surface area (Å²) in [7, 11) is 0. The number of nitrogens with zero attached hydrogens (tertiary/aromatic N) is 4. The third kappa shape index (κ3) is 3.62. The van der Waals surface area contributed by atoms with E-state index in [0.29, 0.717) is 11.5 Å². The van der Waals surface area contributed by atoms with E-state index in [2.05, 4.69) is 125 Å². The zero-order valence-corrected chi connectivity index (χ0v) is 21.5. The fraction of sp³-hybridized carbons (Fsp3) is 0. The first-order chi connectivity index (χ1) is 19.8. The van der Waals surface area contributed by atoms with E-state index in [9.17, 15) is 0 Å². The van der Waals surface area contributed by atoms with Crippen molar-refractivity contribution >= 4 is 43.1 Å². The molecule has 0 fully saturated rings. The molecule has 0 bridgehead atoms. The Hall–Kier alpha value is -5.48. The van der Waals surface area contributed by atoms with Crippen LogP contribution < -0.4 is 0 Å². The normalized spacial score (nSPS) is 11.5. The third-order valence-corrected chi connectivity index (χ3v) is 7.61. The second-order valence-electron chi connectivity index (χ2n) is 9.93. The number of aromatic nitrogens is 4. The molecule has 2 heterocycles. The van der Waals surface area contributed by atoms with Crippen LogP contribution in [0.3, 0.4) is 0 Å². The first-order valence-corrected chi connectivity index (χ1v) is 13.3. The van der Waals surface area contributed by atoms with E-state index in [1.165, 1.54) is 32.3 Å². The Morgan fingerprint density at radius 3 is 1.38 bits per heavy atom. The Labute approximate surface area is 230 Å². The zero-order chi connectivity index (χ0) is 26.5. The molecule has 0 aliphatic carbocycles. The topological polar surface area (TPSA) is 51.6 Å². The van der Waals surface area contributed by atoms with Gasteiger partial charge in [0.05, 0.1) is 17.6 Å². The van der Waals surface area contributed by atoms with Crippen molar-refractivity contribution in [3.8, 4) is 34.0 Å². The van der Waals surface area contributed by atoms with Crippen LogP contribution in [0.2, 0.25) is 0 Å². The van der Waals surface area contributed by atoms with Crippen molar-refractivity contribution in [2.45, 2.75) is 0 Å². The lowest BCUT2D eigenvalue weighted by Gasteiger charge is -2.14. The Morgan fingerprint density at radius 1 is 0.400 bits per heavy atom. The van der Waals surface area contributed by atoms with E-state index < -0.39 is 0 Å². The molecule has 0 radical (unpaired) electrons. The van der Waals surface area contributed by atoms with Crippen molar-refractivity contribution in [2.75, 3.05) is 0 Å². The summed E-state index contributed by atoms with van der Waals surface area (Å²) in [5.41, 5.74) is 4.47. The molecule has 2 aromatic heterocycles.